The molecule has 4 rings (SSSR count). The Morgan fingerprint density at radius 3 is 2.52 bits per heavy atom. The number of hydrogen-bond donors (Lipinski definition) is 1. The van der Waals surface area contributed by atoms with E-state index in [1.54, 1.807) is 18.2 Å². The normalized spacial score (nSPS) is 19.2. The van der Waals surface area contributed by atoms with Crippen LogP contribution in [-0.4, -0.2) is 44.1 Å². The fourth-order valence-electron chi connectivity index (χ4n) is 3.42. The minimum Gasteiger partial charge on any atom is -0.486 e. The van der Waals surface area contributed by atoms with Crippen LogP contribution >= 0.6 is 0 Å². The molecule has 2 heterocycles. The zero-order chi connectivity index (χ0) is 19.0. The Morgan fingerprint density at radius 1 is 1.07 bits per heavy atom. The van der Waals surface area contributed by atoms with Crippen LogP contribution in [0.1, 0.15) is 11.1 Å². The van der Waals surface area contributed by atoms with E-state index in [0.29, 0.717) is 36.8 Å². The molecule has 0 saturated carbocycles. The van der Waals surface area contributed by atoms with Crippen molar-refractivity contribution in [2.24, 2.45) is 0 Å². The topological polar surface area (TPSA) is 84.9 Å². The molecule has 1 atom stereocenters. The maximum atomic E-state index is 12.9. The van der Waals surface area contributed by atoms with Crippen molar-refractivity contribution < 1.29 is 22.7 Å². The summed E-state index contributed by atoms with van der Waals surface area (Å²) in [4.78, 5) is 12.9. The van der Waals surface area contributed by atoms with Gasteiger partial charge in [0.15, 0.2) is 11.5 Å². The number of carbonyl (C=O) groups is 1. The van der Waals surface area contributed by atoms with Crippen LogP contribution < -0.4 is 14.8 Å². The maximum absolute atomic E-state index is 12.9. The highest BCUT2D eigenvalue weighted by atomic mass is 32.2. The number of carbonyl (C=O) groups excluding carboxylic acids is 1. The van der Waals surface area contributed by atoms with Crippen LogP contribution in [0.25, 0.3) is 0 Å². The highest BCUT2D eigenvalue weighted by Crippen LogP contribution is 2.33. The number of ether oxygens (including phenoxy) is 2. The average molecular weight is 388 g/mol. The predicted molar refractivity (Wildman–Crippen MR) is 100 cm³/mol. The fourth-order valence-corrected chi connectivity index (χ4v) is 4.42. The summed E-state index contributed by atoms with van der Waals surface area (Å²) in [5, 5.41) is 2.81. The summed E-state index contributed by atoms with van der Waals surface area (Å²) in [6, 6.07) is 11.9. The first-order valence-corrected chi connectivity index (χ1v) is 10.5. The van der Waals surface area contributed by atoms with Crippen molar-refractivity contribution >= 4 is 21.6 Å². The molecule has 0 spiro atoms. The quantitative estimate of drug-likeness (QED) is 0.866. The number of benzene rings is 2. The molecule has 8 heteroatoms. The lowest BCUT2D eigenvalue weighted by Crippen LogP contribution is -2.50. The van der Waals surface area contributed by atoms with Gasteiger partial charge in [-0.05, 0) is 29.7 Å². The molecule has 0 radical (unpaired) electrons. The molecule has 2 aromatic rings. The van der Waals surface area contributed by atoms with Crippen LogP contribution in [0.5, 0.6) is 11.5 Å². The molecule has 2 aliphatic rings. The molecule has 0 aliphatic carbocycles. The minimum atomic E-state index is -3.54. The minimum absolute atomic E-state index is 0.189. The van der Waals surface area contributed by atoms with Crippen LogP contribution in [0.4, 0.5) is 5.69 Å². The van der Waals surface area contributed by atoms with Gasteiger partial charge < -0.3 is 14.8 Å². The zero-order valence-corrected chi connectivity index (χ0v) is 15.7. The van der Waals surface area contributed by atoms with Gasteiger partial charge >= 0.3 is 0 Å². The number of amides is 1. The summed E-state index contributed by atoms with van der Waals surface area (Å²) < 4.78 is 36.8. The van der Waals surface area contributed by atoms with E-state index in [1.807, 2.05) is 24.3 Å². The number of nitrogens with one attached hydrogen (secondary N) is 1. The first kappa shape index (κ1) is 17.8. The third-order valence-corrected chi connectivity index (χ3v) is 5.98. The molecular weight excluding hydrogens is 368 g/mol. The molecule has 0 fully saturated rings. The largest absolute Gasteiger partial charge is 0.486 e. The first-order chi connectivity index (χ1) is 12.9. The predicted octanol–water partition coefficient (Wildman–Crippen LogP) is 1.78. The van der Waals surface area contributed by atoms with Crippen molar-refractivity contribution in [1.82, 2.24) is 4.31 Å². The van der Waals surface area contributed by atoms with Gasteiger partial charge in [0.2, 0.25) is 15.9 Å². The van der Waals surface area contributed by atoms with Crippen LogP contribution in [-0.2, 0) is 27.8 Å². The van der Waals surface area contributed by atoms with Crippen LogP contribution in [0, 0.1) is 0 Å². The lowest BCUT2D eigenvalue weighted by molar-refractivity contribution is -0.120. The van der Waals surface area contributed by atoms with E-state index < -0.39 is 16.1 Å². The maximum Gasteiger partial charge on any atom is 0.243 e. The monoisotopic (exact) mass is 388 g/mol. The Morgan fingerprint density at radius 2 is 1.78 bits per heavy atom. The van der Waals surface area contributed by atoms with Crippen molar-refractivity contribution in [3.63, 3.8) is 0 Å². The Labute approximate surface area is 157 Å². The van der Waals surface area contributed by atoms with Crippen LogP contribution in [0.15, 0.2) is 42.5 Å². The fraction of sp³-hybridized carbons (Fsp3) is 0.316. The van der Waals surface area contributed by atoms with Crippen molar-refractivity contribution in [2.45, 2.75) is 19.0 Å². The zero-order valence-electron chi connectivity index (χ0n) is 14.8. The van der Waals surface area contributed by atoms with Crippen molar-refractivity contribution in [3.8, 4) is 11.5 Å². The van der Waals surface area contributed by atoms with E-state index in [2.05, 4.69) is 5.32 Å². The van der Waals surface area contributed by atoms with Gasteiger partial charge in [0.25, 0.3) is 0 Å². The number of hydrogen-bond acceptors (Lipinski definition) is 5. The molecule has 1 N–H and O–H groups in total. The van der Waals surface area contributed by atoms with Gasteiger partial charge in [-0.1, -0.05) is 24.3 Å². The Bertz CT molecular complexity index is 989. The SMILES string of the molecule is CS(=O)(=O)N1Cc2ccccc2CC1C(=O)Nc1ccc2c(c1)OCCO2. The summed E-state index contributed by atoms with van der Waals surface area (Å²) in [7, 11) is -3.54. The molecule has 0 bridgehead atoms. The summed E-state index contributed by atoms with van der Waals surface area (Å²) in [6.45, 7) is 1.13. The molecular formula is C19H20N2O5S. The summed E-state index contributed by atoms with van der Waals surface area (Å²) in [5.41, 5.74) is 2.45. The molecule has 1 amide bonds. The molecule has 2 aromatic carbocycles. The van der Waals surface area contributed by atoms with E-state index in [9.17, 15) is 13.2 Å². The van der Waals surface area contributed by atoms with E-state index in [1.165, 1.54) is 4.31 Å². The van der Waals surface area contributed by atoms with Crippen LogP contribution in [0.3, 0.4) is 0 Å². The highest BCUT2D eigenvalue weighted by molar-refractivity contribution is 7.88. The summed E-state index contributed by atoms with van der Waals surface area (Å²) >= 11 is 0. The second kappa shape index (κ2) is 6.86. The lowest BCUT2D eigenvalue weighted by atomic mass is 9.95. The standard InChI is InChI=1S/C19H20N2O5S/c1-27(23,24)21-12-14-5-3-2-4-13(14)10-16(21)19(22)20-15-6-7-17-18(11-15)26-9-8-25-17/h2-7,11,16H,8-10,12H2,1H3,(H,20,22). The van der Waals surface area contributed by atoms with Gasteiger partial charge in [-0.25, -0.2) is 8.42 Å². The van der Waals surface area contributed by atoms with Crippen molar-refractivity contribution in [2.75, 3.05) is 24.8 Å². The number of fused-ring (bicyclic) bond motifs is 2. The van der Waals surface area contributed by atoms with Gasteiger partial charge in [-0.2, -0.15) is 4.31 Å². The number of rotatable bonds is 3. The average Bonchev–Trinajstić information content (AvgIpc) is 2.66. The van der Waals surface area contributed by atoms with E-state index in [0.717, 1.165) is 17.4 Å². The Hall–Kier alpha value is -2.58. The smallest absolute Gasteiger partial charge is 0.243 e. The Balaban J connectivity index is 1.59. The number of nitrogens with zero attached hydrogens (tertiary/aromatic N) is 1. The van der Waals surface area contributed by atoms with E-state index in [4.69, 9.17) is 9.47 Å². The molecule has 0 aromatic heterocycles. The summed E-state index contributed by atoms with van der Waals surface area (Å²) in [6.07, 6.45) is 1.46. The third-order valence-electron chi connectivity index (χ3n) is 4.74. The van der Waals surface area contributed by atoms with E-state index >= 15 is 0 Å². The van der Waals surface area contributed by atoms with Gasteiger partial charge in [-0.3, -0.25) is 4.79 Å². The van der Waals surface area contributed by atoms with Crippen LogP contribution in [0.2, 0.25) is 0 Å². The second-order valence-corrected chi connectivity index (χ2v) is 8.58. The molecule has 7 nitrogen and oxygen atoms in total. The molecule has 1 unspecified atom stereocenters. The van der Waals surface area contributed by atoms with E-state index in [-0.39, 0.29) is 12.5 Å². The summed E-state index contributed by atoms with van der Waals surface area (Å²) in [5.74, 6) is 0.822. The molecule has 142 valence electrons. The van der Waals surface area contributed by atoms with Gasteiger partial charge in [0, 0.05) is 18.3 Å². The molecule has 0 saturated heterocycles. The van der Waals surface area contributed by atoms with Gasteiger partial charge in [0.05, 0.1) is 6.26 Å². The lowest BCUT2D eigenvalue weighted by Gasteiger charge is -2.34. The third kappa shape index (κ3) is 3.63. The van der Waals surface area contributed by atoms with Crippen molar-refractivity contribution in [3.05, 3.63) is 53.6 Å². The first-order valence-electron chi connectivity index (χ1n) is 8.66. The number of sulfonamides is 1. The van der Waals surface area contributed by atoms with Gasteiger partial charge in [-0.15, -0.1) is 0 Å². The Kier molecular flexibility index (Phi) is 4.53. The molecule has 2 aliphatic heterocycles. The molecule has 27 heavy (non-hydrogen) atoms. The highest BCUT2D eigenvalue weighted by Gasteiger charge is 2.36. The second-order valence-electron chi connectivity index (χ2n) is 6.64. The van der Waals surface area contributed by atoms with Crippen molar-refractivity contribution in [1.29, 1.82) is 0 Å². The van der Waals surface area contributed by atoms with Gasteiger partial charge in [0.1, 0.15) is 19.3 Å². The number of anilines is 1.